The summed E-state index contributed by atoms with van der Waals surface area (Å²) in [7, 11) is 1.63. The third-order valence-corrected chi connectivity index (χ3v) is 4.14. The van der Waals surface area contributed by atoms with Crippen LogP contribution in [0.25, 0.3) is 11.2 Å². The van der Waals surface area contributed by atoms with Crippen molar-refractivity contribution < 1.29 is 9.13 Å². The smallest absolute Gasteiger partial charge is 0.312 e. The summed E-state index contributed by atoms with van der Waals surface area (Å²) >= 11 is 0. The lowest BCUT2D eigenvalue weighted by Gasteiger charge is -2.10. The van der Waals surface area contributed by atoms with E-state index in [1.54, 1.807) is 13.2 Å². The van der Waals surface area contributed by atoms with E-state index in [0.29, 0.717) is 30.6 Å². The summed E-state index contributed by atoms with van der Waals surface area (Å²) in [4.78, 5) is 12.0. The number of allylic oxidation sites excluding steroid dienone is 1. The van der Waals surface area contributed by atoms with Gasteiger partial charge in [-0.15, -0.1) is 6.58 Å². The van der Waals surface area contributed by atoms with Crippen molar-refractivity contribution in [1.29, 1.82) is 0 Å². The molecular formula is C23H34FN5O. The highest BCUT2D eigenvalue weighted by Crippen LogP contribution is 2.24. The number of rotatable bonds is 6. The lowest BCUT2D eigenvalue weighted by atomic mass is 10.0. The van der Waals surface area contributed by atoms with E-state index in [2.05, 4.69) is 35.4 Å². The Morgan fingerprint density at radius 3 is 2.47 bits per heavy atom. The minimum absolute atomic E-state index is 0.0449. The van der Waals surface area contributed by atoms with E-state index < -0.39 is 6.08 Å². The Bertz CT molecular complexity index is 952. The largest absolute Gasteiger partial charge is 0.497 e. The van der Waals surface area contributed by atoms with Crippen LogP contribution in [0.1, 0.15) is 57.5 Å². The van der Waals surface area contributed by atoms with Gasteiger partial charge >= 0.3 is 6.08 Å². The predicted molar refractivity (Wildman–Crippen MR) is 122 cm³/mol. The van der Waals surface area contributed by atoms with Crippen molar-refractivity contribution in [1.82, 2.24) is 19.5 Å². The molecule has 0 fully saturated rings. The molecule has 0 radical (unpaired) electrons. The zero-order chi connectivity index (χ0) is 22.7. The number of hydrogen-bond donors (Lipinski definition) is 1. The van der Waals surface area contributed by atoms with Gasteiger partial charge in [-0.25, -0.2) is 4.98 Å². The molecule has 0 aliphatic heterocycles. The zero-order valence-corrected chi connectivity index (χ0v) is 19.0. The molecule has 2 N–H and O–H groups in total. The molecule has 30 heavy (non-hydrogen) atoms. The number of fused-ring (bicyclic) bond motifs is 1. The van der Waals surface area contributed by atoms with E-state index in [0.717, 1.165) is 22.7 Å². The number of hydrogen-bond acceptors (Lipinski definition) is 5. The summed E-state index contributed by atoms with van der Waals surface area (Å²) in [5.74, 6) is 1.57. The molecule has 0 amide bonds. The number of benzene rings is 1. The highest BCUT2D eigenvalue weighted by molar-refractivity contribution is 5.82. The van der Waals surface area contributed by atoms with Crippen LogP contribution in [0, 0.1) is 13.0 Å². The van der Waals surface area contributed by atoms with Crippen molar-refractivity contribution in [3.8, 4) is 5.75 Å². The number of aryl methyl sites for hydroxylation is 2. The number of nitrogens with two attached hydrogens (primary N) is 1. The first-order valence-electron chi connectivity index (χ1n) is 10.4. The molecule has 7 heteroatoms. The van der Waals surface area contributed by atoms with E-state index in [9.17, 15) is 4.39 Å². The molecule has 0 atom stereocenters. The topological polar surface area (TPSA) is 78.9 Å². The van der Waals surface area contributed by atoms with Crippen molar-refractivity contribution in [3.05, 3.63) is 53.9 Å². The van der Waals surface area contributed by atoms with Crippen LogP contribution in [-0.4, -0.2) is 26.6 Å². The summed E-state index contributed by atoms with van der Waals surface area (Å²) in [6, 6.07) is 5.89. The molecule has 1 aromatic carbocycles. The van der Waals surface area contributed by atoms with Crippen LogP contribution in [-0.2, 0) is 13.0 Å². The molecule has 0 bridgehead atoms. The second-order valence-electron chi connectivity index (χ2n) is 6.48. The fourth-order valence-corrected chi connectivity index (χ4v) is 2.77. The van der Waals surface area contributed by atoms with Gasteiger partial charge in [0.2, 0.25) is 0 Å². The van der Waals surface area contributed by atoms with E-state index in [1.165, 1.54) is 6.42 Å². The highest BCUT2D eigenvalue weighted by Gasteiger charge is 2.17. The van der Waals surface area contributed by atoms with E-state index >= 15 is 0 Å². The van der Waals surface area contributed by atoms with Gasteiger partial charge in [-0.05, 0) is 36.6 Å². The number of aromatic nitrogens is 4. The molecule has 2 aromatic heterocycles. The SMILES string of the molecule is C=CCCn1c(Cc2cc(OC)ccc2C)nc2c(N)nc(F)nc21.CC.CCC. The van der Waals surface area contributed by atoms with E-state index in [-0.39, 0.29) is 5.82 Å². The van der Waals surface area contributed by atoms with Gasteiger partial charge in [-0.2, -0.15) is 14.4 Å². The molecule has 2 heterocycles. The molecule has 0 aliphatic carbocycles. The maximum atomic E-state index is 13.6. The minimum Gasteiger partial charge on any atom is -0.497 e. The number of ether oxygens (including phenoxy) is 1. The Morgan fingerprint density at radius 1 is 1.20 bits per heavy atom. The van der Waals surface area contributed by atoms with Crippen molar-refractivity contribution in [2.24, 2.45) is 0 Å². The zero-order valence-electron chi connectivity index (χ0n) is 19.0. The first kappa shape index (κ1) is 25.1. The number of anilines is 1. The third-order valence-electron chi connectivity index (χ3n) is 4.14. The normalized spacial score (nSPS) is 9.97. The summed E-state index contributed by atoms with van der Waals surface area (Å²) in [6.45, 7) is 14.6. The van der Waals surface area contributed by atoms with Gasteiger partial charge in [0.15, 0.2) is 17.0 Å². The maximum absolute atomic E-state index is 13.6. The second-order valence-corrected chi connectivity index (χ2v) is 6.48. The van der Waals surface area contributed by atoms with Gasteiger partial charge in [-0.3, -0.25) is 0 Å². The first-order chi connectivity index (χ1) is 14.4. The van der Waals surface area contributed by atoms with Crippen LogP contribution in [0.3, 0.4) is 0 Å². The lowest BCUT2D eigenvalue weighted by molar-refractivity contribution is 0.414. The fraction of sp³-hybridized carbons (Fsp3) is 0.435. The Labute approximate surface area is 179 Å². The predicted octanol–water partition coefficient (Wildman–Crippen LogP) is 5.47. The van der Waals surface area contributed by atoms with Gasteiger partial charge in [-0.1, -0.05) is 46.3 Å². The number of imidazole rings is 1. The molecule has 164 valence electrons. The molecular weight excluding hydrogens is 381 g/mol. The Hall–Kier alpha value is -2.96. The van der Waals surface area contributed by atoms with Crippen LogP contribution in [0.15, 0.2) is 30.9 Å². The summed E-state index contributed by atoms with van der Waals surface area (Å²) in [5, 5.41) is 0. The standard InChI is InChI=1S/C18H20FN5O.C3H8.C2H6/c1-4-5-8-24-14(10-12-9-13(25-3)7-6-11(12)2)21-15-16(20)22-18(19)23-17(15)24;1-3-2;1-2/h4,6-7,9H,1,5,8,10H2,2-3H3,(H2,20,22,23);3H2,1-2H3;1-2H3. The van der Waals surface area contributed by atoms with Crippen molar-refractivity contribution >= 4 is 17.0 Å². The first-order valence-corrected chi connectivity index (χ1v) is 10.4. The number of nitrogen functional groups attached to an aromatic ring is 1. The molecule has 0 saturated carbocycles. The monoisotopic (exact) mass is 415 g/mol. The van der Waals surface area contributed by atoms with Crippen LogP contribution in [0.5, 0.6) is 5.75 Å². The number of halogens is 1. The maximum Gasteiger partial charge on any atom is 0.312 e. The molecule has 0 spiro atoms. The molecule has 0 saturated heterocycles. The summed E-state index contributed by atoms with van der Waals surface area (Å²) in [6.07, 6.45) is 3.46. The number of methoxy groups -OCH3 is 1. The van der Waals surface area contributed by atoms with E-state index in [4.69, 9.17) is 10.5 Å². The summed E-state index contributed by atoms with van der Waals surface area (Å²) < 4.78 is 20.8. The van der Waals surface area contributed by atoms with Gasteiger partial charge in [0, 0.05) is 13.0 Å². The average molecular weight is 416 g/mol. The van der Waals surface area contributed by atoms with Crippen molar-refractivity contribution in [2.75, 3.05) is 12.8 Å². The Balaban J connectivity index is 0.000000826. The van der Waals surface area contributed by atoms with Gasteiger partial charge in [0.05, 0.1) is 7.11 Å². The van der Waals surface area contributed by atoms with Crippen LogP contribution in [0.4, 0.5) is 10.2 Å². The fourth-order valence-electron chi connectivity index (χ4n) is 2.77. The molecule has 0 aliphatic rings. The second kappa shape index (κ2) is 12.6. The number of nitrogens with zero attached hydrogens (tertiary/aromatic N) is 4. The molecule has 3 rings (SSSR count). The average Bonchev–Trinajstić information content (AvgIpc) is 3.07. The van der Waals surface area contributed by atoms with E-state index in [1.807, 2.05) is 43.5 Å². The van der Waals surface area contributed by atoms with Crippen molar-refractivity contribution in [3.63, 3.8) is 0 Å². The molecule has 0 unspecified atom stereocenters. The molecule has 6 nitrogen and oxygen atoms in total. The molecule has 3 aromatic rings. The summed E-state index contributed by atoms with van der Waals surface area (Å²) in [5.41, 5.74) is 8.84. The minimum atomic E-state index is -0.853. The Kier molecular flexibility index (Phi) is 10.5. The van der Waals surface area contributed by atoms with Crippen LogP contribution in [0.2, 0.25) is 0 Å². The third kappa shape index (κ3) is 6.27. The van der Waals surface area contributed by atoms with Crippen LogP contribution >= 0.6 is 0 Å². The lowest BCUT2D eigenvalue weighted by Crippen LogP contribution is -2.07. The van der Waals surface area contributed by atoms with Gasteiger partial charge in [0.1, 0.15) is 11.6 Å². The quantitative estimate of drug-likeness (QED) is 0.426. The van der Waals surface area contributed by atoms with Gasteiger partial charge in [0.25, 0.3) is 0 Å². The highest BCUT2D eigenvalue weighted by atomic mass is 19.1. The van der Waals surface area contributed by atoms with Crippen LogP contribution < -0.4 is 10.5 Å². The van der Waals surface area contributed by atoms with Crippen molar-refractivity contribution in [2.45, 2.75) is 60.4 Å². The van der Waals surface area contributed by atoms with Gasteiger partial charge < -0.3 is 15.0 Å². The Morgan fingerprint density at radius 2 is 1.87 bits per heavy atom.